The van der Waals surface area contributed by atoms with Crippen LogP contribution in [0, 0.1) is 5.92 Å². The van der Waals surface area contributed by atoms with Gasteiger partial charge in [0.2, 0.25) is 29.5 Å². The number of rotatable bonds is 18. The molecule has 0 aromatic heterocycles. The van der Waals surface area contributed by atoms with Crippen LogP contribution in [0.5, 0.6) is 5.75 Å². The molecule has 0 aliphatic heterocycles. The molecule has 0 unspecified atom stereocenters. The van der Waals surface area contributed by atoms with Crippen molar-refractivity contribution in [2.75, 3.05) is 11.5 Å². The molecule has 3 atom stereocenters. The van der Waals surface area contributed by atoms with Crippen LogP contribution in [0.3, 0.4) is 0 Å². The number of hydrogen-bond acceptors (Lipinski definition) is 12. The van der Waals surface area contributed by atoms with E-state index in [-0.39, 0.29) is 37.3 Å². The second-order valence-electron chi connectivity index (χ2n) is 12.9. The quantitative estimate of drug-likeness (QED) is 0.0480. The lowest BCUT2D eigenvalue weighted by Crippen LogP contribution is -2.65. The van der Waals surface area contributed by atoms with Gasteiger partial charge in [0.1, 0.15) is 36.0 Å². The number of aliphatic carboxylic acids is 2. The number of carbonyl (C=O) groups is 8. The number of carboxylic acid groups (broad SMARTS) is 2. The van der Waals surface area contributed by atoms with Crippen LogP contribution in [0.2, 0.25) is 0 Å². The summed E-state index contributed by atoms with van der Waals surface area (Å²) in [6, 6.07) is 5.20. The SMILES string of the molecule is NC(=O)C[C@H](NC(=O)C1(NC(=O)[C@H](Cc2ccc(O)c(N)c2)NC(=O)[C@H](CC(C(=O)O)C(=O)O)NC(=O)OCc2cccc(N)c2)CCCCC1)C(N)=O. The minimum Gasteiger partial charge on any atom is -0.506 e. The smallest absolute Gasteiger partial charge is 0.408 e. The van der Waals surface area contributed by atoms with E-state index in [1.807, 2.05) is 0 Å². The summed E-state index contributed by atoms with van der Waals surface area (Å²) in [5, 5.41) is 38.6. The molecule has 1 aliphatic rings. The van der Waals surface area contributed by atoms with Crippen LogP contribution in [-0.2, 0) is 51.3 Å². The maximum absolute atomic E-state index is 14.1. The van der Waals surface area contributed by atoms with Gasteiger partial charge >= 0.3 is 18.0 Å². The van der Waals surface area contributed by atoms with Gasteiger partial charge in [-0.1, -0.05) is 37.5 Å². The maximum atomic E-state index is 14.1. The van der Waals surface area contributed by atoms with Gasteiger partial charge < -0.3 is 64.3 Å². The second kappa shape index (κ2) is 18.8. The van der Waals surface area contributed by atoms with Crippen molar-refractivity contribution in [1.29, 1.82) is 0 Å². The molecule has 1 aliphatic carbocycles. The Hall–Kier alpha value is -6.60. The van der Waals surface area contributed by atoms with Gasteiger partial charge in [-0.2, -0.15) is 0 Å². The topological polar surface area (TPSA) is 359 Å². The van der Waals surface area contributed by atoms with Gasteiger partial charge in [0, 0.05) is 18.5 Å². The number of amides is 6. The molecular formula is C34H44N8O12. The number of aromatic hydroxyl groups is 1. The van der Waals surface area contributed by atoms with Crippen molar-refractivity contribution in [3.8, 4) is 5.75 Å². The molecule has 1 fully saturated rings. The van der Waals surface area contributed by atoms with Gasteiger partial charge in [-0.3, -0.25) is 33.6 Å². The minimum atomic E-state index is -2.19. The van der Waals surface area contributed by atoms with Crippen LogP contribution in [0.1, 0.15) is 56.1 Å². The number of carbonyl (C=O) groups excluding carboxylic acids is 6. The number of nitrogen functional groups attached to an aromatic ring is 2. The number of phenols is 1. The van der Waals surface area contributed by atoms with Crippen molar-refractivity contribution in [3.63, 3.8) is 0 Å². The monoisotopic (exact) mass is 756 g/mol. The summed E-state index contributed by atoms with van der Waals surface area (Å²) in [6.07, 6.45) is -1.45. The zero-order valence-electron chi connectivity index (χ0n) is 29.0. The summed E-state index contributed by atoms with van der Waals surface area (Å²) in [5.74, 6) is -11.1. The van der Waals surface area contributed by atoms with Gasteiger partial charge in [-0.05, 0) is 48.2 Å². The lowest BCUT2D eigenvalue weighted by molar-refractivity contribution is -0.155. The van der Waals surface area contributed by atoms with Crippen LogP contribution < -0.4 is 44.2 Å². The number of phenolic OH excluding ortho intramolecular Hbond substituents is 1. The predicted molar refractivity (Wildman–Crippen MR) is 188 cm³/mol. The lowest BCUT2D eigenvalue weighted by Gasteiger charge is -2.38. The summed E-state index contributed by atoms with van der Waals surface area (Å²) < 4.78 is 5.15. The number of ether oxygens (including phenoxy) is 1. The first kappa shape index (κ1) is 41.8. The van der Waals surface area contributed by atoms with E-state index in [0.717, 1.165) is 0 Å². The van der Waals surface area contributed by atoms with Crippen molar-refractivity contribution >= 4 is 58.9 Å². The van der Waals surface area contributed by atoms with Crippen molar-refractivity contribution in [3.05, 3.63) is 53.6 Å². The van der Waals surface area contributed by atoms with E-state index < -0.39 is 90.0 Å². The number of hydrogen-bond donors (Lipinski definition) is 11. The zero-order chi connectivity index (χ0) is 40.2. The van der Waals surface area contributed by atoms with Crippen molar-refractivity contribution in [2.24, 2.45) is 17.4 Å². The summed E-state index contributed by atoms with van der Waals surface area (Å²) in [7, 11) is 0. The highest BCUT2D eigenvalue weighted by Gasteiger charge is 2.44. The summed E-state index contributed by atoms with van der Waals surface area (Å²) >= 11 is 0. The largest absolute Gasteiger partial charge is 0.506 e. The number of benzene rings is 2. The molecule has 0 heterocycles. The van der Waals surface area contributed by atoms with Crippen LogP contribution in [-0.4, -0.2) is 86.6 Å². The summed E-state index contributed by atoms with van der Waals surface area (Å²) in [5.41, 5.74) is 21.5. The first-order valence-corrected chi connectivity index (χ1v) is 16.7. The Morgan fingerprint density at radius 3 is 2.02 bits per heavy atom. The van der Waals surface area contributed by atoms with E-state index in [1.165, 1.54) is 24.3 Å². The van der Waals surface area contributed by atoms with Crippen molar-refractivity contribution in [2.45, 2.75) is 81.6 Å². The van der Waals surface area contributed by atoms with E-state index >= 15 is 0 Å². The standard InChI is InChI=1S/C34H44N8O12/c35-19-6-4-5-18(11-19)16-54-33(53)41-24(14-20(30(48)49)31(50)51)28(46)39-23(13-17-7-8-25(43)21(36)12-17)29(47)42-34(9-2-1-3-10-34)32(52)40-22(27(38)45)15-26(37)44/h4-8,11-12,20,22-24,43H,1-3,9-10,13-16,35-36H2,(H2,37,44)(H2,38,45)(H,39,46)(H,40,52)(H,41,53)(H,42,47)(H,48,49)(H,50,51)/t22-,23-,24-/m0/s1. The molecule has 0 saturated heterocycles. The maximum Gasteiger partial charge on any atom is 0.408 e. The number of anilines is 2. The summed E-state index contributed by atoms with van der Waals surface area (Å²) in [6.45, 7) is -0.333. The Bertz CT molecular complexity index is 1750. The van der Waals surface area contributed by atoms with E-state index in [0.29, 0.717) is 36.1 Å². The molecule has 54 heavy (non-hydrogen) atoms. The molecular weight excluding hydrogens is 712 g/mol. The Labute approximate surface area is 308 Å². The Morgan fingerprint density at radius 2 is 1.44 bits per heavy atom. The van der Waals surface area contributed by atoms with Crippen molar-refractivity contribution in [1.82, 2.24) is 21.3 Å². The first-order chi connectivity index (χ1) is 25.4. The predicted octanol–water partition coefficient (Wildman–Crippen LogP) is -1.28. The molecule has 0 radical (unpaired) electrons. The van der Waals surface area contributed by atoms with Gasteiger partial charge in [-0.15, -0.1) is 0 Å². The molecule has 2 aromatic carbocycles. The van der Waals surface area contributed by atoms with Gasteiger partial charge in [-0.25, -0.2) is 4.79 Å². The highest BCUT2D eigenvalue weighted by Crippen LogP contribution is 2.29. The number of nitrogens with one attached hydrogen (secondary N) is 4. The molecule has 6 amide bonds. The molecule has 20 nitrogen and oxygen atoms in total. The average Bonchev–Trinajstić information content (AvgIpc) is 3.09. The molecule has 3 rings (SSSR count). The first-order valence-electron chi connectivity index (χ1n) is 16.7. The van der Waals surface area contributed by atoms with E-state index in [4.69, 9.17) is 27.7 Å². The zero-order valence-corrected chi connectivity index (χ0v) is 29.0. The number of primary amides is 2. The van der Waals surface area contributed by atoms with Crippen LogP contribution >= 0.6 is 0 Å². The highest BCUT2D eigenvalue weighted by molar-refractivity contribution is 5.99. The third-order valence-electron chi connectivity index (χ3n) is 8.72. The Morgan fingerprint density at radius 1 is 0.778 bits per heavy atom. The molecule has 20 heteroatoms. The minimum absolute atomic E-state index is 0.0709. The van der Waals surface area contributed by atoms with E-state index in [9.17, 15) is 53.7 Å². The fraction of sp³-hybridized carbons (Fsp3) is 0.412. The number of carboxylic acids is 2. The summed E-state index contributed by atoms with van der Waals surface area (Å²) in [4.78, 5) is 102. The fourth-order valence-corrected chi connectivity index (χ4v) is 5.85. The molecule has 0 spiro atoms. The number of nitrogens with two attached hydrogens (primary N) is 4. The second-order valence-corrected chi connectivity index (χ2v) is 12.9. The molecule has 15 N–H and O–H groups in total. The van der Waals surface area contributed by atoms with Gasteiger partial charge in [0.05, 0.1) is 12.1 Å². The normalized spacial score (nSPS) is 15.1. The van der Waals surface area contributed by atoms with Crippen LogP contribution in [0.25, 0.3) is 0 Å². The fourth-order valence-electron chi connectivity index (χ4n) is 5.85. The Kier molecular flexibility index (Phi) is 14.5. The lowest BCUT2D eigenvalue weighted by atomic mass is 9.80. The molecule has 2 aromatic rings. The third kappa shape index (κ3) is 12.0. The average molecular weight is 757 g/mol. The molecule has 0 bridgehead atoms. The third-order valence-corrected chi connectivity index (χ3v) is 8.72. The highest BCUT2D eigenvalue weighted by atomic mass is 16.5. The van der Waals surface area contributed by atoms with Gasteiger partial charge in [0.15, 0.2) is 5.92 Å². The van der Waals surface area contributed by atoms with E-state index in [2.05, 4.69) is 21.3 Å². The van der Waals surface area contributed by atoms with Crippen molar-refractivity contribution < 1.29 is 58.4 Å². The van der Waals surface area contributed by atoms with Gasteiger partial charge in [0.25, 0.3) is 0 Å². The Balaban J connectivity index is 1.95. The van der Waals surface area contributed by atoms with Crippen LogP contribution in [0.4, 0.5) is 16.2 Å². The number of alkyl carbamates (subject to hydrolysis) is 1. The molecule has 292 valence electrons. The van der Waals surface area contributed by atoms with Crippen LogP contribution in [0.15, 0.2) is 42.5 Å². The molecule has 1 saturated carbocycles. The van der Waals surface area contributed by atoms with E-state index in [1.54, 1.807) is 18.2 Å².